The maximum Gasteiger partial charge on any atom is 0.333 e. The maximum absolute atomic E-state index is 15.4. The Bertz CT molecular complexity index is 1500. The summed E-state index contributed by atoms with van der Waals surface area (Å²) in [6, 6.07) is 6.21. The number of hydrogen-bond donors (Lipinski definition) is 0. The molecule has 0 bridgehead atoms. The van der Waals surface area contributed by atoms with Gasteiger partial charge in [-0.05, 0) is 85.6 Å². The van der Waals surface area contributed by atoms with Crippen LogP contribution in [-0.4, -0.2) is 31.0 Å². The second kappa shape index (κ2) is 11.1. The molecule has 3 rings (SSSR count). The van der Waals surface area contributed by atoms with Crippen LogP contribution in [0.15, 0.2) is 59.5 Å². The van der Waals surface area contributed by atoms with Crippen LogP contribution in [0.5, 0.6) is 0 Å². The van der Waals surface area contributed by atoms with Gasteiger partial charge in [-0.2, -0.15) is 12.3 Å². The molecule has 3 aromatic carbocycles. The summed E-state index contributed by atoms with van der Waals surface area (Å²) in [7, 11) is -5.11. The highest BCUT2D eigenvalue weighted by molar-refractivity contribution is 7.91. The van der Waals surface area contributed by atoms with Gasteiger partial charge in [-0.15, -0.1) is 0 Å². The molecule has 0 saturated heterocycles. The summed E-state index contributed by atoms with van der Waals surface area (Å²) < 4.78 is 57.9. The van der Waals surface area contributed by atoms with Crippen LogP contribution in [0.3, 0.4) is 0 Å². The van der Waals surface area contributed by atoms with Gasteiger partial charge in [0.15, 0.2) is 23.6 Å². The Hall–Kier alpha value is -1.78. The van der Waals surface area contributed by atoms with E-state index in [1.807, 2.05) is 0 Å². The van der Waals surface area contributed by atoms with Gasteiger partial charge in [-0.3, -0.25) is 9.59 Å². The Morgan fingerprint density at radius 3 is 1.68 bits per heavy atom. The number of nitrogens with zero attached hydrogens (tertiary/aromatic N) is 1. The Balaban J connectivity index is 2.59. The number of halogens is 7. The SMILES string of the molecule is C[C@H](C(=O)Cl)[N+](c1cc(Cl)ccc1F)([C@H](C)C(=O)Cl)S(=O)(=O)c1ccc(Cl)cc1-c1cc(Cl)ccc1F. The minimum Gasteiger partial charge on any atom is -0.274 e. The molecule has 37 heavy (non-hydrogen) atoms. The zero-order valence-corrected chi connectivity index (χ0v) is 23.6. The normalized spacial score (nSPS) is 13.8. The van der Waals surface area contributed by atoms with Crippen molar-refractivity contribution in [1.29, 1.82) is 0 Å². The smallest absolute Gasteiger partial charge is 0.274 e. The molecule has 5 nitrogen and oxygen atoms in total. The number of benzene rings is 3. The number of carbonyl (C=O) groups is 2. The molecule has 0 spiro atoms. The van der Waals surface area contributed by atoms with Crippen molar-refractivity contribution < 1.29 is 26.8 Å². The average molecular weight is 631 g/mol. The van der Waals surface area contributed by atoms with E-state index in [4.69, 9.17) is 58.0 Å². The summed E-state index contributed by atoms with van der Waals surface area (Å²) in [5.41, 5.74) is -1.20. The van der Waals surface area contributed by atoms with Crippen molar-refractivity contribution in [1.82, 2.24) is 3.89 Å². The minimum absolute atomic E-state index is 0.0308. The summed E-state index contributed by atoms with van der Waals surface area (Å²) in [4.78, 5) is 24.5. The van der Waals surface area contributed by atoms with E-state index >= 15 is 4.39 Å². The highest BCUT2D eigenvalue weighted by Gasteiger charge is 2.59. The Labute approximate surface area is 237 Å². The predicted molar refractivity (Wildman–Crippen MR) is 143 cm³/mol. The molecule has 0 aliphatic rings. The topological polar surface area (TPSA) is 68.3 Å². The molecule has 0 fully saturated rings. The fourth-order valence-electron chi connectivity index (χ4n) is 4.16. The summed E-state index contributed by atoms with van der Waals surface area (Å²) in [5, 5.41) is -2.44. The molecule has 0 unspecified atom stereocenters. The van der Waals surface area contributed by atoms with E-state index in [0.717, 1.165) is 50.2 Å². The fraction of sp³-hybridized carbons (Fsp3) is 0.167. The summed E-state index contributed by atoms with van der Waals surface area (Å²) in [6.45, 7) is 2.19. The number of rotatable bonds is 8. The molecule has 0 radical (unpaired) electrons. The van der Waals surface area contributed by atoms with Crippen molar-refractivity contribution in [3.8, 4) is 11.1 Å². The Morgan fingerprint density at radius 2 is 1.16 bits per heavy atom. The van der Waals surface area contributed by atoms with Crippen LogP contribution in [0.1, 0.15) is 13.8 Å². The first kappa shape index (κ1) is 29.8. The third kappa shape index (κ3) is 5.26. The molecule has 0 N–H and O–H groups in total. The van der Waals surface area contributed by atoms with Crippen molar-refractivity contribution in [2.24, 2.45) is 0 Å². The monoisotopic (exact) mass is 628 g/mol. The van der Waals surface area contributed by atoms with Gasteiger partial charge < -0.3 is 0 Å². The first-order chi connectivity index (χ1) is 17.2. The van der Waals surface area contributed by atoms with E-state index in [1.54, 1.807) is 0 Å². The number of quaternary nitrogens is 1. The molecular weight excluding hydrogens is 614 g/mol. The van der Waals surface area contributed by atoms with Crippen LogP contribution in [0.4, 0.5) is 14.5 Å². The largest absolute Gasteiger partial charge is 0.333 e. The van der Waals surface area contributed by atoms with Gasteiger partial charge >= 0.3 is 10.0 Å². The van der Waals surface area contributed by atoms with Crippen molar-refractivity contribution in [3.05, 3.63) is 81.3 Å². The Kier molecular flexibility index (Phi) is 8.96. The van der Waals surface area contributed by atoms with Gasteiger partial charge in [0.05, 0.1) is 0 Å². The lowest BCUT2D eigenvalue weighted by Crippen LogP contribution is -2.68. The highest BCUT2D eigenvalue weighted by Crippen LogP contribution is 2.45. The number of carbonyl (C=O) groups excluding carboxylic acids is 2. The van der Waals surface area contributed by atoms with Crippen LogP contribution in [-0.2, 0) is 19.6 Å². The molecular formula is C24H17Cl5F2NO4S+. The lowest BCUT2D eigenvalue weighted by atomic mass is 10.1. The van der Waals surface area contributed by atoms with E-state index in [2.05, 4.69) is 0 Å². The van der Waals surface area contributed by atoms with E-state index in [-0.39, 0.29) is 26.2 Å². The third-order valence-corrected chi connectivity index (χ3v) is 9.80. The fourth-order valence-corrected chi connectivity index (χ4v) is 7.53. The van der Waals surface area contributed by atoms with Gasteiger partial charge in [0.2, 0.25) is 0 Å². The van der Waals surface area contributed by atoms with Crippen molar-refractivity contribution >= 4 is 84.2 Å². The molecule has 0 aromatic heterocycles. The molecule has 196 valence electrons. The van der Waals surface area contributed by atoms with Crippen LogP contribution in [0.2, 0.25) is 15.1 Å². The van der Waals surface area contributed by atoms with Gasteiger partial charge in [-0.1, -0.05) is 34.8 Å². The van der Waals surface area contributed by atoms with Gasteiger partial charge in [-0.25, -0.2) is 8.78 Å². The van der Waals surface area contributed by atoms with Crippen molar-refractivity contribution in [2.75, 3.05) is 0 Å². The van der Waals surface area contributed by atoms with Gasteiger partial charge in [0.25, 0.3) is 10.5 Å². The van der Waals surface area contributed by atoms with Crippen LogP contribution in [0.25, 0.3) is 11.1 Å². The molecule has 0 heterocycles. The highest BCUT2D eigenvalue weighted by atomic mass is 35.5. The zero-order chi connectivity index (χ0) is 27.9. The number of sulfonamides is 1. The van der Waals surface area contributed by atoms with Gasteiger partial charge in [0.1, 0.15) is 10.7 Å². The van der Waals surface area contributed by atoms with Crippen LogP contribution < -0.4 is 3.89 Å². The molecule has 13 heteroatoms. The van der Waals surface area contributed by atoms with E-state index in [0.29, 0.717) is 0 Å². The van der Waals surface area contributed by atoms with E-state index < -0.39 is 58.7 Å². The lowest BCUT2D eigenvalue weighted by molar-refractivity contribution is -0.117. The second-order valence-electron chi connectivity index (χ2n) is 8.00. The summed E-state index contributed by atoms with van der Waals surface area (Å²) >= 11 is 29.8. The zero-order valence-electron chi connectivity index (χ0n) is 19.0. The lowest BCUT2D eigenvalue weighted by Gasteiger charge is -2.42. The second-order valence-corrected chi connectivity index (χ2v) is 12.1. The average Bonchev–Trinajstić information content (AvgIpc) is 2.82. The minimum atomic E-state index is -5.11. The first-order valence-corrected chi connectivity index (χ1v) is 13.7. The summed E-state index contributed by atoms with van der Waals surface area (Å²) in [6.07, 6.45) is 0. The predicted octanol–water partition coefficient (Wildman–Crippen LogP) is 7.60. The maximum atomic E-state index is 15.4. The van der Waals surface area contributed by atoms with Crippen LogP contribution >= 0.6 is 58.0 Å². The Morgan fingerprint density at radius 1 is 0.730 bits per heavy atom. The van der Waals surface area contributed by atoms with E-state index in [9.17, 15) is 22.4 Å². The van der Waals surface area contributed by atoms with Crippen molar-refractivity contribution in [2.45, 2.75) is 30.8 Å². The first-order valence-electron chi connectivity index (χ1n) is 10.4. The molecule has 0 aliphatic carbocycles. The summed E-state index contributed by atoms with van der Waals surface area (Å²) in [5.74, 6) is -1.97. The molecule has 0 saturated carbocycles. The number of hydrogen-bond acceptors (Lipinski definition) is 4. The molecule has 2 atom stereocenters. The standard InChI is InChI=1S/C24H17Cl5F2NO4S/c1-12(23(28)33)32(13(2)24(29)34,21-11-16(27)4-7-20(21)31)37(35,36)22-8-5-15(26)10-18(22)17-9-14(25)3-6-19(17)30/h3-13H,1-2H3/q+1/t12-,13-/m1/s1. The van der Waals surface area contributed by atoms with E-state index in [1.165, 1.54) is 18.2 Å². The third-order valence-electron chi connectivity index (χ3n) is 5.93. The molecule has 0 amide bonds. The molecule has 3 aromatic rings. The van der Waals surface area contributed by atoms with Crippen LogP contribution in [0, 0.1) is 11.6 Å². The van der Waals surface area contributed by atoms with Gasteiger partial charge in [0, 0.05) is 32.3 Å². The van der Waals surface area contributed by atoms with Crippen molar-refractivity contribution in [3.63, 3.8) is 0 Å². The molecule has 0 aliphatic heterocycles. The quantitative estimate of drug-likeness (QED) is 0.190.